The lowest BCUT2D eigenvalue weighted by atomic mass is 10.3. The summed E-state index contributed by atoms with van der Waals surface area (Å²) < 4.78 is 37.5. The Labute approximate surface area is 126 Å². The molecule has 8 heteroatoms. The van der Waals surface area contributed by atoms with E-state index in [0.717, 1.165) is 0 Å². The Bertz CT molecular complexity index is 808. The molecule has 0 aromatic heterocycles. The predicted octanol–water partition coefficient (Wildman–Crippen LogP) is 2.45. The number of benzene rings is 2. The lowest BCUT2D eigenvalue weighted by Crippen LogP contribution is -2.13. The highest BCUT2D eigenvalue weighted by molar-refractivity contribution is 7.92. The van der Waals surface area contributed by atoms with Crippen molar-refractivity contribution in [3.05, 3.63) is 41.4 Å². The number of nitrogens with two attached hydrogens (primary N) is 1. The topological polar surface area (TPSA) is 90.7 Å². The largest absolute Gasteiger partial charge is 0.454 e. The molecule has 0 atom stereocenters. The first-order chi connectivity index (χ1) is 9.95. The number of rotatable bonds is 3. The Balaban J connectivity index is 1.94. The van der Waals surface area contributed by atoms with Crippen molar-refractivity contribution in [1.82, 2.24) is 0 Å². The van der Waals surface area contributed by atoms with Crippen molar-refractivity contribution in [3.63, 3.8) is 0 Å². The van der Waals surface area contributed by atoms with E-state index in [1.165, 1.54) is 18.2 Å². The zero-order valence-electron chi connectivity index (χ0n) is 10.7. The Kier molecular flexibility index (Phi) is 3.30. The molecular weight excluding hydrogens is 316 g/mol. The second kappa shape index (κ2) is 5.01. The van der Waals surface area contributed by atoms with Gasteiger partial charge in [-0.2, -0.15) is 0 Å². The summed E-state index contributed by atoms with van der Waals surface area (Å²) in [5.74, 6) is 1.05. The SMILES string of the molecule is Nc1ccc(Cl)c(S(=O)(=O)Nc2ccc3c(c2)OCO3)c1. The van der Waals surface area contributed by atoms with Crippen molar-refractivity contribution < 1.29 is 17.9 Å². The minimum atomic E-state index is -3.84. The number of sulfonamides is 1. The first kappa shape index (κ1) is 13.8. The van der Waals surface area contributed by atoms with E-state index < -0.39 is 10.0 Å². The van der Waals surface area contributed by atoms with Gasteiger partial charge in [-0.1, -0.05) is 11.6 Å². The third kappa shape index (κ3) is 2.70. The molecule has 0 bridgehead atoms. The van der Waals surface area contributed by atoms with Gasteiger partial charge in [0.2, 0.25) is 6.79 Å². The van der Waals surface area contributed by atoms with E-state index in [-0.39, 0.29) is 16.7 Å². The van der Waals surface area contributed by atoms with E-state index in [0.29, 0.717) is 22.9 Å². The van der Waals surface area contributed by atoms with Gasteiger partial charge in [-0.25, -0.2) is 8.42 Å². The summed E-state index contributed by atoms with van der Waals surface area (Å²) in [7, 11) is -3.84. The number of halogens is 1. The summed E-state index contributed by atoms with van der Waals surface area (Å²) in [4.78, 5) is -0.0816. The maximum atomic E-state index is 12.4. The van der Waals surface area contributed by atoms with Gasteiger partial charge in [-0.05, 0) is 30.3 Å². The molecule has 0 amide bonds. The summed E-state index contributed by atoms with van der Waals surface area (Å²) in [6.07, 6.45) is 0. The number of ether oxygens (including phenoxy) is 2. The highest BCUT2D eigenvalue weighted by Crippen LogP contribution is 2.35. The highest BCUT2D eigenvalue weighted by Gasteiger charge is 2.20. The van der Waals surface area contributed by atoms with Crippen molar-refractivity contribution in [3.8, 4) is 11.5 Å². The van der Waals surface area contributed by atoms with Crippen molar-refractivity contribution in [2.75, 3.05) is 17.2 Å². The smallest absolute Gasteiger partial charge is 0.263 e. The van der Waals surface area contributed by atoms with Gasteiger partial charge in [0.05, 0.1) is 10.7 Å². The standard InChI is InChI=1S/C13H11ClN2O4S/c14-10-3-1-8(15)5-13(10)21(17,18)16-9-2-4-11-12(6-9)20-7-19-11/h1-6,16H,7,15H2. The Morgan fingerprint density at radius 2 is 1.86 bits per heavy atom. The highest BCUT2D eigenvalue weighted by atomic mass is 35.5. The van der Waals surface area contributed by atoms with Gasteiger partial charge >= 0.3 is 0 Å². The van der Waals surface area contributed by atoms with Crippen LogP contribution in [0.4, 0.5) is 11.4 Å². The van der Waals surface area contributed by atoms with Crippen molar-refractivity contribution in [2.24, 2.45) is 0 Å². The van der Waals surface area contributed by atoms with Gasteiger partial charge in [0, 0.05) is 11.8 Å². The van der Waals surface area contributed by atoms with Crippen LogP contribution in [0.5, 0.6) is 11.5 Å². The van der Waals surface area contributed by atoms with Crippen molar-refractivity contribution in [2.45, 2.75) is 4.90 Å². The quantitative estimate of drug-likeness (QED) is 0.845. The lowest BCUT2D eigenvalue weighted by molar-refractivity contribution is 0.174. The van der Waals surface area contributed by atoms with Crippen LogP contribution in [0.2, 0.25) is 5.02 Å². The third-order valence-electron chi connectivity index (χ3n) is 2.87. The Morgan fingerprint density at radius 3 is 2.67 bits per heavy atom. The van der Waals surface area contributed by atoms with Crippen LogP contribution in [-0.4, -0.2) is 15.2 Å². The fraction of sp³-hybridized carbons (Fsp3) is 0.0769. The molecule has 0 saturated heterocycles. The van der Waals surface area contributed by atoms with Crippen LogP contribution in [0, 0.1) is 0 Å². The fourth-order valence-electron chi connectivity index (χ4n) is 1.90. The maximum Gasteiger partial charge on any atom is 0.263 e. The molecule has 1 aliphatic heterocycles. The molecule has 1 aliphatic rings. The molecule has 3 rings (SSSR count). The first-order valence-corrected chi connectivity index (χ1v) is 7.79. The van der Waals surface area contributed by atoms with Crippen LogP contribution in [0.1, 0.15) is 0 Å². The number of nitrogens with one attached hydrogen (secondary N) is 1. The van der Waals surface area contributed by atoms with Crippen LogP contribution in [0.15, 0.2) is 41.3 Å². The van der Waals surface area contributed by atoms with E-state index in [9.17, 15) is 8.42 Å². The van der Waals surface area contributed by atoms with Gasteiger partial charge in [-0.3, -0.25) is 4.72 Å². The predicted molar refractivity (Wildman–Crippen MR) is 79.2 cm³/mol. The fourth-order valence-corrected chi connectivity index (χ4v) is 3.48. The molecule has 2 aromatic carbocycles. The molecule has 0 unspecified atom stereocenters. The average molecular weight is 327 g/mol. The normalized spacial score (nSPS) is 13.2. The lowest BCUT2D eigenvalue weighted by Gasteiger charge is -2.10. The second-order valence-corrected chi connectivity index (χ2v) is 6.42. The van der Waals surface area contributed by atoms with Gasteiger partial charge in [0.25, 0.3) is 10.0 Å². The Morgan fingerprint density at radius 1 is 1.10 bits per heavy atom. The third-order valence-corrected chi connectivity index (χ3v) is 4.73. The van der Waals surface area contributed by atoms with E-state index in [2.05, 4.69) is 4.72 Å². The van der Waals surface area contributed by atoms with E-state index in [4.69, 9.17) is 26.8 Å². The molecule has 6 nitrogen and oxygen atoms in total. The molecule has 21 heavy (non-hydrogen) atoms. The molecule has 2 aromatic rings. The monoisotopic (exact) mass is 326 g/mol. The molecule has 1 heterocycles. The minimum Gasteiger partial charge on any atom is -0.454 e. The number of hydrogen-bond acceptors (Lipinski definition) is 5. The van der Waals surface area contributed by atoms with Crippen LogP contribution in [-0.2, 0) is 10.0 Å². The molecular formula is C13H11ClN2O4S. The molecule has 110 valence electrons. The Hall–Kier alpha value is -2.12. The van der Waals surface area contributed by atoms with E-state index in [1.807, 2.05) is 0 Å². The van der Waals surface area contributed by atoms with Gasteiger partial charge in [0.15, 0.2) is 11.5 Å². The van der Waals surface area contributed by atoms with Crippen LogP contribution >= 0.6 is 11.6 Å². The van der Waals surface area contributed by atoms with E-state index in [1.54, 1.807) is 18.2 Å². The van der Waals surface area contributed by atoms with E-state index >= 15 is 0 Å². The molecule has 3 N–H and O–H groups in total. The summed E-state index contributed by atoms with van der Waals surface area (Å²) >= 11 is 5.92. The van der Waals surface area contributed by atoms with Gasteiger partial charge < -0.3 is 15.2 Å². The molecule has 0 spiro atoms. The minimum absolute atomic E-state index is 0.0816. The van der Waals surface area contributed by atoms with Crippen LogP contribution in [0.25, 0.3) is 0 Å². The van der Waals surface area contributed by atoms with Crippen LogP contribution < -0.4 is 19.9 Å². The number of fused-ring (bicyclic) bond motifs is 1. The number of hydrogen-bond donors (Lipinski definition) is 2. The molecule has 0 saturated carbocycles. The first-order valence-electron chi connectivity index (χ1n) is 5.93. The summed E-state index contributed by atoms with van der Waals surface area (Å²) in [5.41, 5.74) is 6.26. The molecule has 0 fully saturated rings. The average Bonchev–Trinajstić information content (AvgIpc) is 2.88. The van der Waals surface area contributed by atoms with Crippen molar-refractivity contribution >= 4 is 33.0 Å². The zero-order chi connectivity index (χ0) is 15.0. The second-order valence-electron chi connectivity index (χ2n) is 4.36. The van der Waals surface area contributed by atoms with Crippen molar-refractivity contribution in [1.29, 1.82) is 0 Å². The zero-order valence-corrected chi connectivity index (χ0v) is 12.2. The number of anilines is 2. The molecule has 0 radical (unpaired) electrons. The summed E-state index contributed by atoms with van der Waals surface area (Å²) in [6, 6.07) is 9.01. The summed E-state index contributed by atoms with van der Waals surface area (Å²) in [5, 5.41) is 0.0949. The van der Waals surface area contributed by atoms with Gasteiger partial charge in [-0.15, -0.1) is 0 Å². The van der Waals surface area contributed by atoms with Crippen LogP contribution in [0.3, 0.4) is 0 Å². The summed E-state index contributed by atoms with van der Waals surface area (Å²) in [6.45, 7) is 0.118. The molecule has 0 aliphatic carbocycles. The maximum absolute atomic E-state index is 12.4. The van der Waals surface area contributed by atoms with Gasteiger partial charge in [0.1, 0.15) is 4.90 Å². The number of nitrogen functional groups attached to an aromatic ring is 1.